The van der Waals surface area contributed by atoms with Gasteiger partial charge in [-0.25, -0.2) is 0 Å². The Morgan fingerprint density at radius 1 is 0.914 bits per heavy atom. The van der Waals surface area contributed by atoms with Crippen LogP contribution in [0.3, 0.4) is 0 Å². The van der Waals surface area contributed by atoms with Gasteiger partial charge in [-0.05, 0) is 25.0 Å². The zero-order valence-electron chi connectivity index (χ0n) is 22.5. The molecule has 0 aliphatic heterocycles. The second kappa shape index (κ2) is 21.4. The Kier molecular flexibility index (Phi) is 20.8. The summed E-state index contributed by atoms with van der Waals surface area (Å²) in [6.45, 7) is 15.6. The van der Waals surface area contributed by atoms with Crippen LogP contribution in [0.4, 0.5) is 0 Å². The third-order valence-corrected chi connectivity index (χ3v) is 4.28. The molecule has 2 rings (SSSR count). The molecule has 7 nitrogen and oxygen atoms in total. The van der Waals surface area contributed by atoms with Gasteiger partial charge in [-0.1, -0.05) is 101 Å². The first kappa shape index (κ1) is 34.0. The second-order valence-electron chi connectivity index (χ2n) is 7.42. The lowest BCUT2D eigenvalue weighted by molar-refractivity contribution is -0.122. The fraction of sp³-hybridized carbons (Fsp3) is 0.429. The molecular weight excluding hydrogens is 440 g/mol. The van der Waals surface area contributed by atoms with E-state index in [9.17, 15) is 9.59 Å². The number of ether oxygens (including phenoxy) is 1. The predicted octanol–water partition coefficient (Wildman–Crippen LogP) is 4.62. The molecule has 3 atom stereocenters. The van der Waals surface area contributed by atoms with Gasteiger partial charge in [0.05, 0.1) is 25.7 Å². The standard InChI is InChI=1S/C12H16N2O2.C11H16N2O.C3H8.C2H6/c1-9(16-2)12(14-11(15)8-13)10-6-4-3-5-7-10;1-8(12)11(14)13-9(2)10-6-4-3-5-7-10;1-3-2;1-2/h3-7,12H,1,8,13H2,2H3,(H,14,15);3-9H,12H2,1-2H3,(H,13,14);3H2,1-2H3;1-2H3/t;8-,9?;;/m.1../s1. The Bertz CT molecular complexity index is 811. The monoisotopic (exact) mass is 486 g/mol. The molecule has 35 heavy (non-hydrogen) atoms. The number of amides is 2. The van der Waals surface area contributed by atoms with E-state index in [-0.39, 0.29) is 30.4 Å². The first-order chi connectivity index (χ1) is 16.7. The summed E-state index contributed by atoms with van der Waals surface area (Å²) in [5, 5.41) is 5.58. The second-order valence-corrected chi connectivity index (χ2v) is 7.42. The van der Waals surface area contributed by atoms with Crippen molar-refractivity contribution in [3.63, 3.8) is 0 Å². The van der Waals surface area contributed by atoms with Crippen LogP contribution in [0.25, 0.3) is 0 Å². The van der Waals surface area contributed by atoms with E-state index >= 15 is 0 Å². The van der Waals surface area contributed by atoms with Crippen LogP contribution in [0.5, 0.6) is 0 Å². The van der Waals surface area contributed by atoms with Crippen molar-refractivity contribution in [1.82, 2.24) is 10.6 Å². The normalized spacial score (nSPS) is 11.8. The summed E-state index contributed by atoms with van der Waals surface area (Å²) in [5.74, 6) is 0.112. The van der Waals surface area contributed by atoms with Crippen LogP contribution >= 0.6 is 0 Å². The van der Waals surface area contributed by atoms with Gasteiger partial charge in [0, 0.05) is 0 Å². The largest absolute Gasteiger partial charge is 0.499 e. The molecule has 0 saturated carbocycles. The molecule has 0 fully saturated rings. The van der Waals surface area contributed by atoms with Gasteiger partial charge >= 0.3 is 0 Å². The number of methoxy groups -OCH3 is 1. The van der Waals surface area contributed by atoms with E-state index < -0.39 is 6.04 Å². The third kappa shape index (κ3) is 15.4. The zero-order valence-corrected chi connectivity index (χ0v) is 22.5. The maximum atomic E-state index is 11.3. The Morgan fingerprint density at radius 2 is 1.34 bits per heavy atom. The van der Waals surface area contributed by atoms with E-state index in [1.165, 1.54) is 13.5 Å². The Morgan fingerprint density at radius 3 is 1.71 bits per heavy atom. The highest BCUT2D eigenvalue weighted by atomic mass is 16.5. The number of hydrogen-bond donors (Lipinski definition) is 4. The maximum Gasteiger partial charge on any atom is 0.237 e. The summed E-state index contributed by atoms with van der Waals surface area (Å²) < 4.78 is 5.06. The van der Waals surface area contributed by atoms with Gasteiger partial charge in [-0.3, -0.25) is 9.59 Å². The first-order valence-corrected chi connectivity index (χ1v) is 12.1. The van der Waals surface area contributed by atoms with Crippen LogP contribution in [0.1, 0.15) is 71.2 Å². The molecule has 0 aliphatic carbocycles. The Balaban J connectivity index is 0. The minimum Gasteiger partial charge on any atom is -0.499 e. The smallest absolute Gasteiger partial charge is 0.237 e. The molecule has 0 aliphatic rings. The van der Waals surface area contributed by atoms with E-state index in [4.69, 9.17) is 16.2 Å². The molecule has 0 heterocycles. The first-order valence-electron chi connectivity index (χ1n) is 12.1. The summed E-state index contributed by atoms with van der Waals surface area (Å²) in [6, 6.07) is 18.5. The topological polar surface area (TPSA) is 119 Å². The molecular formula is C28H46N4O3. The molecule has 2 amide bonds. The summed E-state index contributed by atoms with van der Waals surface area (Å²) in [7, 11) is 1.52. The van der Waals surface area contributed by atoms with Crippen LogP contribution in [0.15, 0.2) is 73.0 Å². The van der Waals surface area contributed by atoms with Gasteiger partial charge in [0.1, 0.15) is 11.8 Å². The van der Waals surface area contributed by atoms with Crippen LogP contribution in [0, 0.1) is 0 Å². The highest BCUT2D eigenvalue weighted by molar-refractivity contribution is 5.81. The van der Waals surface area contributed by atoms with E-state index in [1.54, 1.807) is 6.92 Å². The third-order valence-electron chi connectivity index (χ3n) is 4.28. The van der Waals surface area contributed by atoms with Gasteiger partial charge in [-0.2, -0.15) is 0 Å². The lowest BCUT2D eigenvalue weighted by Crippen LogP contribution is -2.39. The van der Waals surface area contributed by atoms with E-state index in [1.807, 2.05) is 81.4 Å². The highest BCUT2D eigenvalue weighted by Crippen LogP contribution is 2.20. The fourth-order valence-electron chi connectivity index (χ4n) is 2.50. The molecule has 6 N–H and O–H groups in total. The maximum absolute atomic E-state index is 11.3. The number of benzene rings is 2. The molecule has 2 aromatic rings. The Labute approximate surface area is 212 Å². The van der Waals surface area contributed by atoms with Gasteiger partial charge in [0.15, 0.2) is 0 Å². The van der Waals surface area contributed by atoms with Crippen molar-refractivity contribution < 1.29 is 14.3 Å². The number of carbonyl (C=O) groups excluding carboxylic acids is 2. The van der Waals surface area contributed by atoms with Gasteiger partial charge < -0.3 is 26.8 Å². The molecule has 0 saturated heterocycles. The van der Waals surface area contributed by atoms with Crippen molar-refractivity contribution in [3.05, 3.63) is 84.1 Å². The average molecular weight is 487 g/mol. The SMILES string of the molecule is C=C(OC)C(NC(=O)CN)c1ccccc1.CC.CC(NC(=O)[C@@H](C)N)c1ccccc1.CCC. The molecule has 0 aromatic heterocycles. The summed E-state index contributed by atoms with van der Waals surface area (Å²) in [5.41, 5.74) is 12.7. The minimum atomic E-state index is -0.457. The van der Waals surface area contributed by atoms with Gasteiger partial charge in [-0.15, -0.1) is 0 Å². The number of rotatable bonds is 8. The number of carbonyl (C=O) groups is 2. The molecule has 0 spiro atoms. The molecule has 2 unspecified atom stereocenters. The molecule has 0 radical (unpaired) electrons. The number of nitrogens with two attached hydrogens (primary N) is 2. The number of hydrogen-bond acceptors (Lipinski definition) is 5. The molecule has 2 aromatic carbocycles. The van der Waals surface area contributed by atoms with Crippen molar-refractivity contribution in [1.29, 1.82) is 0 Å². The van der Waals surface area contributed by atoms with Crippen molar-refractivity contribution >= 4 is 11.8 Å². The van der Waals surface area contributed by atoms with Crippen LogP contribution < -0.4 is 22.1 Å². The van der Waals surface area contributed by atoms with Gasteiger partial charge in [0.2, 0.25) is 11.8 Å². The van der Waals surface area contributed by atoms with Crippen molar-refractivity contribution in [2.75, 3.05) is 13.7 Å². The molecule has 7 heteroatoms. The average Bonchev–Trinajstić information content (AvgIpc) is 2.89. The summed E-state index contributed by atoms with van der Waals surface area (Å²) in [4.78, 5) is 22.6. The fourth-order valence-corrected chi connectivity index (χ4v) is 2.50. The summed E-state index contributed by atoms with van der Waals surface area (Å²) in [6.07, 6.45) is 1.25. The van der Waals surface area contributed by atoms with Crippen LogP contribution in [-0.2, 0) is 14.3 Å². The molecule has 0 bridgehead atoms. The minimum absolute atomic E-state index is 0.00898. The quantitative estimate of drug-likeness (QED) is 0.406. The van der Waals surface area contributed by atoms with Gasteiger partial charge in [0.25, 0.3) is 0 Å². The van der Waals surface area contributed by atoms with E-state index in [2.05, 4.69) is 31.1 Å². The van der Waals surface area contributed by atoms with Crippen LogP contribution in [-0.4, -0.2) is 31.5 Å². The number of nitrogens with one attached hydrogen (secondary N) is 2. The van der Waals surface area contributed by atoms with Crippen molar-refractivity contribution in [2.45, 2.75) is 66.1 Å². The predicted molar refractivity (Wildman–Crippen MR) is 146 cm³/mol. The van der Waals surface area contributed by atoms with Crippen molar-refractivity contribution in [3.8, 4) is 0 Å². The zero-order chi connectivity index (χ0) is 27.2. The Hall–Kier alpha value is -3.16. The van der Waals surface area contributed by atoms with Crippen LogP contribution in [0.2, 0.25) is 0 Å². The highest BCUT2D eigenvalue weighted by Gasteiger charge is 2.17. The molecule has 196 valence electrons. The lowest BCUT2D eigenvalue weighted by Gasteiger charge is -2.20. The van der Waals surface area contributed by atoms with E-state index in [0.29, 0.717) is 5.76 Å². The summed E-state index contributed by atoms with van der Waals surface area (Å²) >= 11 is 0. The lowest BCUT2D eigenvalue weighted by atomic mass is 10.1. The van der Waals surface area contributed by atoms with E-state index in [0.717, 1.165) is 11.1 Å². The van der Waals surface area contributed by atoms with Crippen molar-refractivity contribution in [2.24, 2.45) is 11.5 Å².